The van der Waals surface area contributed by atoms with Crippen LogP contribution in [0.25, 0.3) is 33.4 Å². The molecule has 10 rings (SSSR count). The summed E-state index contributed by atoms with van der Waals surface area (Å²) in [4.78, 5) is 62.4. The number of hydrogen-bond donors (Lipinski definition) is 2. The Kier molecular flexibility index (Phi) is 8.56. The first-order valence-corrected chi connectivity index (χ1v) is 18.4. The normalized spacial score (nSPS) is 20.4. The highest BCUT2D eigenvalue weighted by Crippen LogP contribution is 2.35. The van der Waals surface area contributed by atoms with E-state index in [9.17, 15) is 9.59 Å². The lowest BCUT2D eigenvalue weighted by molar-refractivity contribution is 0.0657. The largest absolute Gasteiger partial charge is 0.345 e. The summed E-state index contributed by atoms with van der Waals surface area (Å²) in [6.07, 6.45) is 19.8. The van der Waals surface area contributed by atoms with Gasteiger partial charge < -0.3 is 19.8 Å². The number of H-pyrrole nitrogens is 2. The van der Waals surface area contributed by atoms with Crippen LogP contribution in [0, 0.1) is 11.8 Å². The number of amides is 2. The molecule has 0 aliphatic carbocycles. The van der Waals surface area contributed by atoms with Crippen LogP contribution in [0.1, 0.15) is 70.9 Å². The molecule has 0 aromatic carbocycles. The van der Waals surface area contributed by atoms with E-state index in [1.54, 1.807) is 49.1 Å². The standard InChI is InChI=1S/2C20H20N6O/c2*1-13-5-9-25(20(27)14-2-6-21-7-3-14)12-16(13)19-24-11-15-10-23-18-17(26(15)19)4-8-22-18/h2*2-4,6-8,10-11,13,16,22H,5,9,12H2,1H3/t2*13-,16+/m10/s1. The molecule has 0 bridgehead atoms. The van der Waals surface area contributed by atoms with Gasteiger partial charge in [-0.3, -0.25) is 28.4 Å². The Hall–Kier alpha value is -6.44. The molecule has 8 aromatic heterocycles. The number of fused-ring (bicyclic) bond motifs is 6. The first-order valence-electron chi connectivity index (χ1n) is 18.4. The number of piperidine rings is 2. The molecule has 2 aliphatic rings. The molecule has 272 valence electrons. The highest BCUT2D eigenvalue weighted by molar-refractivity contribution is 5.94. The van der Waals surface area contributed by atoms with Crippen LogP contribution in [0.5, 0.6) is 0 Å². The van der Waals surface area contributed by atoms with E-state index < -0.39 is 0 Å². The summed E-state index contributed by atoms with van der Waals surface area (Å²) >= 11 is 0. The highest BCUT2D eigenvalue weighted by Gasteiger charge is 2.34. The first-order chi connectivity index (χ1) is 26.4. The zero-order chi connectivity index (χ0) is 36.8. The van der Waals surface area contributed by atoms with Gasteiger partial charge in [-0.1, -0.05) is 13.8 Å². The minimum Gasteiger partial charge on any atom is -0.345 e. The van der Waals surface area contributed by atoms with Gasteiger partial charge in [0.15, 0.2) is 11.3 Å². The average Bonchev–Trinajstić information content (AvgIpc) is 4.04. The second-order valence-corrected chi connectivity index (χ2v) is 14.4. The molecule has 0 radical (unpaired) electrons. The topological polar surface area (TPSA) is 158 Å². The second-order valence-electron chi connectivity index (χ2n) is 14.4. The maximum atomic E-state index is 12.9. The van der Waals surface area contributed by atoms with Crippen LogP contribution < -0.4 is 0 Å². The minimum atomic E-state index is 0.0589. The fourth-order valence-electron chi connectivity index (χ4n) is 8.06. The number of nitrogens with one attached hydrogen (secondary N) is 2. The molecule has 4 atom stereocenters. The van der Waals surface area contributed by atoms with Crippen molar-refractivity contribution in [3.05, 3.63) is 121 Å². The summed E-state index contributed by atoms with van der Waals surface area (Å²) in [5.41, 5.74) is 7.04. The number of carbonyl (C=O) groups is 2. The van der Waals surface area contributed by atoms with Crippen LogP contribution >= 0.6 is 0 Å². The van der Waals surface area contributed by atoms with Crippen molar-refractivity contribution in [1.82, 2.24) is 58.5 Å². The zero-order valence-electron chi connectivity index (χ0n) is 30.1. The molecule has 2 N–H and O–H groups in total. The average molecular weight is 721 g/mol. The van der Waals surface area contributed by atoms with Gasteiger partial charge in [0.2, 0.25) is 0 Å². The molecular formula is C40H40N12O2. The fraction of sp³-hybridized carbons (Fsp3) is 0.300. The quantitative estimate of drug-likeness (QED) is 0.233. The summed E-state index contributed by atoms with van der Waals surface area (Å²) < 4.78 is 4.33. The van der Waals surface area contributed by atoms with Crippen molar-refractivity contribution in [1.29, 1.82) is 0 Å². The Morgan fingerprint density at radius 1 is 0.593 bits per heavy atom. The van der Waals surface area contributed by atoms with Gasteiger partial charge in [-0.2, -0.15) is 0 Å². The molecule has 2 amide bonds. The third-order valence-electron chi connectivity index (χ3n) is 11.2. The summed E-state index contributed by atoms with van der Waals surface area (Å²) in [5, 5.41) is 0. The molecule has 54 heavy (non-hydrogen) atoms. The zero-order valence-corrected chi connectivity index (χ0v) is 30.1. The number of hydrogen-bond acceptors (Lipinski definition) is 8. The number of pyridine rings is 2. The molecule has 2 fully saturated rings. The number of aromatic amines is 2. The van der Waals surface area contributed by atoms with Gasteiger partial charge in [-0.15, -0.1) is 0 Å². The third-order valence-corrected chi connectivity index (χ3v) is 11.2. The molecule has 2 saturated heterocycles. The summed E-state index contributed by atoms with van der Waals surface area (Å²) in [6.45, 7) is 7.35. The lowest BCUT2D eigenvalue weighted by Crippen LogP contribution is -2.42. The van der Waals surface area contributed by atoms with Gasteiger partial charge in [0.05, 0.1) is 46.9 Å². The van der Waals surface area contributed by atoms with Crippen LogP contribution in [0.2, 0.25) is 0 Å². The molecule has 10 heterocycles. The van der Waals surface area contributed by atoms with E-state index in [0.29, 0.717) is 36.1 Å². The van der Waals surface area contributed by atoms with Gasteiger partial charge in [0.25, 0.3) is 11.8 Å². The Morgan fingerprint density at radius 2 is 1.00 bits per heavy atom. The van der Waals surface area contributed by atoms with E-state index in [1.165, 1.54) is 0 Å². The van der Waals surface area contributed by atoms with Gasteiger partial charge in [-0.05, 0) is 61.1 Å². The van der Waals surface area contributed by atoms with Crippen LogP contribution in [-0.4, -0.2) is 96.5 Å². The molecule has 2 aliphatic heterocycles. The smallest absolute Gasteiger partial charge is 0.253 e. The van der Waals surface area contributed by atoms with E-state index in [0.717, 1.165) is 70.9 Å². The minimum absolute atomic E-state index is 0.0589. The van der Waals surface area contributed by atoms with Crippen molar-refractivity contribution in [2.75, 3.05) is 26.2 Å². The lowest BCUT2D eigenvalue weighted by atomic mass is 9.86. The molecule has 14 heteroatoms. The van der Waals surface area contributed by atoms with Crippen molar-refractivity contribution in [2.45, 2.75) is 38.5 Å². The van der Waals surface area contributed by atoms with E-state index in [-0.39, 0.29) is 23.7 Å². The maximum absolute atomic E-state index is 12.9. The van der Waals surface area contributed by atoms with E-state index in [1.807, 2.05) is 59.1 Å². The number of carbonyl (C=O) groups excluding carboxylic acids is 2. The molecule has 0 unspecified atom stereocenters. The van der Waals surface area contributed by atoms with Crippen LogP contribution in [0.15, 0.2) is 98.4 Å². The van der Waals surface area contributed by atoms with E-state index >= 15 is 0 Å². The SMILES string of the molecule is C[C@@H]1CCN(C(=O)c2ccncc2)C[C@@H]1c1ncc2cnc3[nH]ccc3n12.C[C@H]1CCN(C(=O)c2ccncc2)C[C@H]1c1ncc2cnc3[nH]ccc3n12. The Balaban J connectivity index is 0.000000142. The van der Waals surface area contributed by atoms with Gasteiger partial charge in [0, 0.05) is 86.3 Å². The van der Waals surface area contributed by atoms with Crippen LogP contribution in [-0.2, 0) is 0 Å². The summed E-state index contributed by atoms with van der Waals surface area (Å²) in [5.74, 6) is 3.35. The second kappa shape index (κ2) is 13.8. The Morgan fingerprint density at radius 3 is 1.43 bits per heavy atom. The third kappa shape index (κ3) is 5.93. The summed E-state index contributed by atoms with van der Waals surface area (Å²) in [6, 6.07) is 11.1. The van der Waals surface area contributed by atoms with Crippen LogP contribution in [0.3, 0.4) is 0 Å². The molecule has 14 nitrogen and oxygen atoms in total. The molecular weight excluding hydrogens is 681 g/mol. The van der Waals surface area contributed by atoms with Crippen LogP contribution in [0.4, 0.5) is 0 Å². The van der Waals surface area contributed by atoms with Crippen molar-refractivity contribution in [2.24, 2.45) is 11.8 Å². The Labute approximate surface area is 310 Å². The number of aromatic nitrogens is 10. The summed E-state index contributed by atoms with van der Waals surface area (Å²) in [7, 11) is 0. The number of imidazole rings is 2. The lowest BCUT2D eigenvalue weighted by Gasteiger charge is -2.36. The molecule has 0 saturated carbocycles. The first kappa shape index (κ1) is 33.4. The maximum Gasteiger partial charge on any atom is 0.253 e. The Bertz CT molecular complexity index is 2410. The van der Waals surface area contributed by atoms with Crippen molar-refractivity contribution < 1.29 is 9.59 Å². The van der Waals surface area contributed by atoms with Crippen molar-refractivity contribution >= 4 is 45.2 Å². The number of nitrogens with zero attached hydrogens (tertiary/aromatic N) is 10. The van der Waals surface area contributed by atoms with Crippen molar-refractivity contribution in [3.63, 3.8) is 0 Å². The predicted molar refractivity (Wildman–Crippen MR) is 203 cm³/mol. The fourth-order valence-corrected chi connectivity index (χ4v) is 8.06. The highest BCUT2D eigenvalue weighted by atomic mass is 16.2. The molecule has 0 spiro atoms. The van der Waals surface area contributed by atoms with Crippen molar-refractivity contribution in [3.8, 4) is 0 Å². The monoisotopic (exact) mass is 720 g/mol. The number of likely N-dealkylation sites (tertiary alicyclic amines) is 2. The van der Waals surface area contributed by atoms with Gasteiger partial charge >= 0.3 is 0 Å². The van der Waals surface area contributed by atoms with Gasteiger partial charge in [-0.25, -0.2) is 19.9 Å². The predicted octanol–water partition coefficient (Wildman–Crippen LogP) is 5.74. The number of rotatable bonds is 4. The van der Waals surface area contributed by atoms with E-state index in [2.05, 4.69) is 52.6 Å². The van der Waals surface area contributed by atoms with E-state index in [4.69, 9.17) is 9.97 Å². The van der Waals surface area contributed by atoms with Gasteiger partial charge in [0.1, 0.15) is 11.6 Å². The molecule has 8 aromatic rings.